The highest BCUT2D eigenvalue weighted by Crippen LogP contribution is 2.37. The van der Waals surface area contributed by atoms with E-state index in [-0.39, 0.29) is 10.9 Å². The Balaban J connectivity index is 1.91. The van der Waals surface area contributed by atoms with Crippen LogP contribution < -0.4 is 0 Å². The Labute approximate surface area is 153 Å². The summed E-state index contributed by atoms with van der Waals surface area (Å²) in [5, 5.41) is 0.609. The van der Waals surface area contributed by atoms with E-state index in [0.717, 1.165) is 36.8 Å². The first-order valence-corrected chi connectivity index (χ1v) is 8.97. The van der Waals surface area contributed by atoms with Gasteiger partial charge in [0, 0.05) is 5.39 Å². The second-order valence-electron chi connectivity index (χ2n) is 7.16. The number of rotatable bonds is 2. The molecule has 3 aromatic carbocycles. The average molecular weight is 376 g/mol. The second-order valence-corrected chi connectivity index (χ2v) is 7.16. The Bertz CT molecular complexity index is 1030. The number of halogens is 5. The normalized spacial score (nSPS) is 16.6. The highest BCUT2D eigenvalue weighted by atomic mass is 19.2. The Kier molecular flexibility index (Phi) is 4.41. The van der Waals surface area contributed by atoms with Crippen molar-refractivity contribution in [3.05, 3.63) is 70.5 Å². The fourth-order valence-corrected chi connectivity index (χ4v) is 3.97. The van der Waals surface area contributed by atoms with Gasteiger partial charge in [-0.05, 0) is 71.5 Å². The fraction of sp³-hybridized carbons (Fsp3) is 0.273. The van der Waals surface area contributed by atoms with Crippen molar-refractivity contribution >= 4 is 10.8 Å². The number of hydrogen-bond acceptors (Lipinski definition) is 0. The highest BCUT2D eigenvalue weighted by molar-refractivity contribution is 5.90. The maximum Gasteiger partial charge on any atom is 0.194 e. The van der Waals surface area contributed by atoms with E-state index >= 15 is 4.39 Å². The van der Waals surface area contributed by atoms with Crippen LogP contribution in [0, 0.1) is 35.0 Å². The number of hydrogen-bond donors (Lipinski definition) is 0. The molecule has 0 aliphatic heterocycles. The summed E-state index contributed by atoms with van der Waals surface area (Å²) in [5.41, 5.74) is 1.18. The van der Waals surface area contributed by atoms with Crippen LogP contribution in [0.15, 0.2) is 30.3 Å². The van der Waals surface area contributed by atoms with Gasteiger partial charge in [0.15, 0.2) is 17.5 Å². The maximum atomic E-state index is 15.1. The second kappa shape index (κ2) is 6.63. The van der Waals surface area contributed by atoms with E-state index in [4.69, 9.17) is 0 Å². The molecule has 0 heterocycles. The lowest BCUT2D eigenvalue weighted by atomic mass is 9.81. The first-order chi connectivity index (χ1) is 12.9. The van der Waals surface area contributed by atoms with Gasteiger partial charge < -0.3 is 0 Å². The van der Waals surface area contributed by atoms with Crippen LogP contribution in [0.3, 0.4) is 0 Å². The molecule has 0 aromatic heterocycles. The maximum absolute atomic E-state index is 15.1. The summed E-state index contributed by atoms with van der Waals surface area (Å²) in [6, 6.07) is 5.88. The highest BCUT2D eigenvalue weighted by Gasteiger charge is 2.23. The summed E-state index contributed by atoms with van der Waals surface area (Å²) >= 11 is 0. The summed E-state index contributed by atoms with van der Waals surface area (Å²) in [4.78, 5) is 0. The largest absolute Gasteiger partial charge is 0.206 e. The van der Waals surface area contributed by atoms with Crippen molar-refractivity contribution in [1.82, 2.24) is 0 Å². The summed E-state index contributed by atoms with van der Waals surface area (Å²) in [6.07, 6.45) is 3.76. The van der Waals surface area contributed by atoms with E-state index in [1.54, 1.807) is 12.1 Å². The molecule has 5 heteroatoms. The molecule has 1 unspecified atom stereocenters. The number of aryl methyl sites for hydroxylation is 1. The van der Waals surface area contributed by atoms with Crippen LogP contribution in [0.5, 0.6) is 0 Å². The molecule has 0 amide bonds. The lowest BCUT2D eigenvalue weighted by Crippen LogP contribution is -2.13. The Morgan fingerprint density at radius 2 is 1.52 bits per heavy atom. The van der Waals surface area contributed by atoms with Crippen molar-refractivity contribution in [2.45, 2.75) is 32.6 Å². The molecule has 1 atom stereocenters. The minimum absolute atomic E-state index is 0.199. The first-order valence-electron chi connectivity index (χ1n) is 8.97. The van der Waals surface area contributed by atoms with Crippen LogP contribution >= 0.6 is 0 Å². The third kappa shape index (κ3) is 2.99. The van der Waals surface area contributed by atoms with Gasteiger partial charge >= 0.3 is 0 Å². The summed E-state index contributed by atoms with van der Waals surface area (Å²) in [6.45, 7) is 2.13. The predicted molar refractivity (Wildman–Crippen MR) is 95.0 cm³/mol. The zero-order valence-electron chi connectivity index (χ0n) is 14.7. The minimum atomic E-state index is -1.67. The Morgan fingerprint density at radius 3 is 2.19 bits per heavy atom. The smallest absolute Gasteiger partial charge is 0.194 e. The van der Waals surface area contributed by atoms with Gasteiger partial charge in [-0.2, -0.15) is 0 Å². The van der Waals surface area contributed by atoms with Crippen molar-refractivity contribution < 1.29 is 22.0 Å². The molecular formula is C22H17F5. The Morgan fingerprint density at radius 1 is 0.815 bits per heavy atom. The standard InChI is InChI=1S/C22H17F5/c1-2-11-3-4-12-7-16-14(6-13(12)5-11)8-17(23)20(21(16)26)15-9-18(24)22(27)19(25)10-15/h6-11H,2-5H2,1H3. The third-order valence-electron chi connectivity index (χ3n) is 5.53. The van der Waals surface area contributed by atoms with Gasteiger partial charge in [-0.3, -0.25) is 0 Å². The topological polar surface area (TPSA) is 0 Å². The van der Waals surface area contributed by atoms with Crippen molar-refractivity contribution in [2.24, 2.45) is 5.92 Å². The monoisotopic (exact) mass is 376 g/mol. The molecule has 0 radical (unpaired) electrons. The van der Waals surface area contributed by atoms with Crippen molar-refractivity contribution in [3.63, 3.8) is 0 Å². The number of fused-ring (bicyclic) bond motifs is 2. The molecule has 0 nitrogen and oxygen atoms in total. The quantitative estimate of drug-likeness (QED) is 0.344. The van der Waals surface area contributed by atoms with Gasteiger partial charge in [0.25, 0.3) is 0 Å². The zero-order valence-corrected chi connectivity index (χ0v) is 14.7. The van der Waals surface area contributed by atoms with E-state index in [0.29, 0.717) is 23.4 Å². The van der Waals surface area contributed by atoms with E-state index in [1.807, 2.05) is 0 Å². The molecule has 0 saturated heterocycles. The van der Waals surface area contributed by atoms with E-state index in [2.05, 4.69) is 6.92 Å². The van der Waals surface area contributed by atoms with Gasteiger partial charge in [-0.25, -0.2) is 22.0 Å². The van der Waals surface area contributed by atoms with E-state index in [1.165, 1.54) is 6.07 Å². The molecule has 4 rings (SSSR count). The van der Waals surface area contributed by atoms with Gasteiger partial charge in [0.2, 0.25) is 0 Å². The van der Waals surface area contributed by atoms with Crippen molar-refractivity contribution in [1.29, 1.82) is 0 Å². The number of benzene rings is 3. The molecule has 0 saturated carbocycles. The first kappa shape index (κ1) is 18.0. The van der Waals surface area contributed by atoms with E-state index in [9.17, 15) is 17.6 Å². The molecule has 27 heavy (non-hydrogen) atoms. The minimum Gasteiger partial charge on any atom is -0.206 e. The summed E-state index contributed by atoms with van der Waals surface area (Å²) in [5.74, 6) is -5.90. The van der Waals surface area contributed by atoms with Gasteiger partial charge in [-0.15, -0.1) is 0 Å². The van der Waals surface area contributed by atoms with Crippen LogP contribution in [0.2, 0.25) is 0 Å². The van der Waals surface area contributed by atoms with Crippen LogP contribution in [0.25, 0.3) is 21.9 Å². The molecule has 0 bridgehead atoms. The van der Waals surface area contributed by atoms with Crippen LogP contribution in [-0.2, 0) is 12.8 Å². The van der Waals surface area contributed by atoms with Crippen LogP contribution in [-0.4, -0.2) is 0 Å². The molecular weight excluding hydrogens is 359 g/mol. The molecule has 3 aromatic rings. The van der Waals surface area contributed by atoms with Crippen molar-refractivity contribution in [2.75, 3.05) is 0 Å². The molecule has 0 fully saturated rings. The van der Waals surface area contributed by atoms with Crippen molar-refractivity contribution in [3.8, 4) is 11.1 Å². The summed E-state index contributed by atoms with van der Waals surface area (Å²) < 4.78 is 70.0. The lowest BCUT2D eigenvalue weighted by molar-refractivity contribution is 0.445. The third-order valence-corrected chi connectivity index (χ3v) is 5.53. The molecule has 1 aliphatic carbocycles. The van der Waals surface area contributed by atoms with Gasteiger partial charge in [-0.1, -0.05) is 19.4 Å². The molecule has 1 aliphatic rings. The average Bonchev–Trinajstić information content (AvgIpc) is 2.64. The fourth-order valence-electron chi connectivity index (χ4n) is 3.97. The summed E-state index contributed by atoms with van der Waals surface area (Å²) in [7, 11) is 0. The van der Waals surface area contributed by atoms with Crippen LogP contribution in [0.1, 0.15) is 30.9 Å². The Hall–Kier alpha value is -2.43. The lowest BCUT2D eigenvalue weighted by Gasteiger charge is -2.24. The molecule has 0 spiro atoms. The molecule has 140 valence electrons. The van der Waals surface area contributed by atoms with Crippen LogP contribution in [0.4, 0.5) is 22.0 Å². The van der Waals surface area contributed by atoms with E-state index < -0.39 is 34.6 Å². The SMILES string of the molecule is CCC1CCc2cc3c(F)c(-c4cc(F)c(F)c(F)c4)c(F)cc3cc2C1. The predicted octanol–water partition coefficient (Wildman–Crippen LogP) is 6.72. The van der Waals surface area contributed by atoms with Gasteiger partial charge in [0.05, 0.1) is 5.56 Å². The zero-order chi connectivity index (χ0) is 19.3. The molecule has 0 N–H and O–H groups in total. The van der Waals surface area contributed by atoms with Gasteiger partial charge in [0.1, 0.15) is 11.6 Å².